The number of rotatable bonds is 3. The Balaban J connectivity index is 3.02. The van der Waals surface area contributed by atoms with Crippen LogP contribution < -0.4 is 5.48 Å². The predicted octanol–water partition coefficient (Wildman–Crippen LogP) is 2.63. The lowest BCUT2D eigenvalue weighted by Gasteiger charge is -2.05. The summed E-state index contributed by atoms with van der Waals surface area (Å²) in [5.41, 5.74) is 11.9. The summed E-state index contributed by atoms with van der Waals surface area (Å²) < 4.78 is 0. The maximum absolute atomic E-state index is 6.89. The van der Waals surface area contributed by atoms with Crippen LogP contribution in [0.25, 0.3) is 0 Å². The number of anilines is 1. The van der Waals surface area contributed by atoms with E-state index in [0.29, 0.717) is 11.4 Å². The maximum Gasteiger partial charge on any atom is 0.111 e. The van der Waals surface area contributed by atoms with Crippen LogP contribution in [0.4, 0.5) is 11.4 Å². The van der Waals surface area contributed by atoms with Crippen molar-refractivity contribution in [2.75, 3.05) is 12.6 Å². The van der Waals surface area contributed by atoms with Crippen LogP contribution in [0, 0.1) is 12.5 Å². The van der Waals surface area contributed by atoms with E-state index in [1.165, 1.54) is 7.11 Å². The minimum atomic E-state index is 0.580. The van der Waals surface area contributed by atoms with Crippen LogP contribution >= 0.6 is 0 Å². The largest absolute Gasteiger partial charge is 0.279 e. The molecule has 0 fully saturated rings. The van der Waals surface area contributed by atoms with Gasteiger partial charge >= 0.3 is 0 Å². The first-order valence-corrected chi connectivity index (χ1v) is 3.55. The molecule has 1 aromatic rings. The summed E-state index contributed by atoms with van der Waals surface area (Å²) in [5.74, 6) is 0. The summed E-state index contributed by atoms with van der Waals surface area (Å²) in [5, 5.41) is 3.36. The average Bonchev–Trinajstić information content (AvgIpc) is 2.08. The summed E-state index contributed by atoms with van der Waals surface area (Å²) in [6, 6.07) is 5.57. The SMILES string of the molecule is CONc1ccc(C)cc1N=N. The normalized spacial score (nSPS) is 9.50. The number of nitrogens with zero attached hydrogens (tertiary/aromatic N) is 1. The lowest BCUT2D eigenvalue weighted by atomic mass is 10.2. The van der Waals surface area contributed by atoms with E-state index in [0.717, 1.165) is 5.56 Å². The van der Waals surface area contributed by atoms with Crippen molar-refractivity contribution in [2.45, 2.75) is 6.92 Å². The summed E-state index contributed by atoms with van der Waals surface area (Å²) in [7, 11) is 1.52. The average molecular weight is 165 g/mol. The second-order valence-corrected chi connectivity index (χ2v) is 2.44. The molecule has 0 unspecified atom stereocenters. The second-order valence-electron chi connectivity index (χ2n) is 2.44. The van der Waals surface area contributed by atoms with Crippen molar-refractivity contribution in [2.24, 2.45) is 5.11 Å². The first kappa shape index (κ1) is 8.67. The number of nitrogens with one attached hydrogen (secondary N) is 2. The number of aryl methyl sites for hydroxylation is 1. The minimum Gasteiger partial charge on any atom is -0.279 e. The topological polar surface area (TPSA) is 57.5 Å². The zero-order valence-electron chi connectivity index (χ0n) is 7.09. The van der Waals surface area contributed by atoms with Crippen molar-refractivity contribution in [3.63, 3.8) is 0 Å². The monoisotopic (exact) mass is 165 g/mol. The lowest BCUT2D eigenvalue weighted by molar-refractivity contribution is 0.271. The molecule has 4 heteroatoms. The van der Waals surface area contributed by atoms with E-state index in [1.807, 2.05) is 25.1 Å². The Labute approximate surface area is 71.0 Å². The van der Waals surface area contributed by atoms with Crippen LogP contribution in [0.2, 0.25) is 0 Å². The fourth-order valence-electron chi connectivity index (χ4n) is 0.930. The molecule has 0 radical (unpaired) electrons. The van der Waals surface area contributed by atoms with E-state index < -0.39 is 0 Å². The van der Waals surface area contributed by atoms with Gasteiger partial charge in [-0.05, 0) is 24.6 Å². The van der Waals surface area contributed by atoms with Crippen molar-refractivity contribution in [3.8, 4) is 0 Å². The van der Waals surface area contributed by atoms with Gasteiger partial charge in [0.2, 0.25) is 0 Å². The third-order valence-corrected chi connectivity index (χ3v) is 1.49. The first-order chi connectivity index (χ1) is 5.77. The number of hydrogen-bond acceptors (Lipinski definition) is 4. The van der Waals surface area contributed by atoms with Gasteiger partial charge in [-0.2, -0.15) is 5.11 Å². The molecule has 0 saturated carbocycles. The molecule has 0 aliphatic rings. The van der Waals surface area contributed by atoms with Gasteiger partial charge in [-0.25, -0.2) is 5.53 Å². The molecule has 1 rings (SSSR count). The fourth-order valence-corrected chi connectivity index (χ4v) is 0.930. The molecule has 0 amide bonds. The van der Waals surface area contributed by atoms with Gasteiger partial charge in [0.1, 0.15) is 5.69 Å². The Morgan fingerprint density at radius 1 is 1.50 bits per heavy atom. The van der Waals surface area contributed by atoms with Crippen molar-refractivity contribution < 1.29 is 4.84 Å². The van der Waals surface area contributed by atoms with Crippen molar-refractivity contribution in [3.05, 3.63) is 23.8 Å². The predicted molar refractivity (Wildman–Crippen MR) is 46.6 cm³/mol. The van der Waals surface area contributed by atoms with Gasteiger partial charge in [-0.15, -0.1) is 0 Å². The molecule has 0 saturated heterocycles. The van der Waals surface area contributed by atoms with E-state index in [2.05, 4.69) is 10.6 Å². The molecule has 0 spiro atoms. The Kier molecular flexibility index (Phi) is 2.76. The van der Waals surface area contributed by atoms with Gasteiger partial charge in [-0.1, -0.05) is 6.07 Å². The van der Waals surface area contributed by atoms with E-state index in [1.54, 1.807) is 0 Å². The number of hydrogen-bond donors (Lipinski definition) is 2. The van der Waals surface area contributed by atoms with Crippen LogP contribution in [0.5, 0.6) is 0 Å². The summed E-state index contributed by atoms with van der Waals surface area (Å²) >= 11 is 0. The Hall–Kier alpha value is -1.42. The third-order valence-electron chi connectivity index (χ3n) is 1.49. The number of benzene rings is 1. The lowest BCUT2D eigenvalue weighted by Crippen LogP contribution is -1.95. The van der Waals surface area contributed by atoms with E-state index in [4.69, 9.17) is 10.4 Å². The molecular weight excluding hydrogens is 154 g/mol. The van der Waals surface area contributed by atoms with Gasteiger partial charge in [0.05, 0.1) is 12.8 Å². The molecule has 0 aliphatic carbocycles. The van der Waals surface area contributed by atoms with Gasteiger partial charge in [0.15, 0.2) is 0 Å². The Morgan fingerprint density at radius 3 is 2.83 bits per heavy atom. The first-order valence-electron chi connectivity index (χ1n) is 3.55. The highest BCUT2D eigenvalue weighted by Crippen LogP contribution is 2.25. The molecule has 0 heterocycles. The Bertz CT molecular complexity index is 286. The fraction of sp³-hybridized carbons (Fsp3) is 0.250. The molecule has 0 aliphatic heterocycles. The highest BCUT2D eigenvalue weighted by Gasteiger charge is 1.99. The highest BCUT2D eigenvalue weighted by molar-refractivity contribution is 5.64. The van der Waals surface area contributed by atoms with Gasteiger partial charge in [-0.3, -0.25) is 10.3 Å². The van der Waals surface area contributed by atoms with E-state index >= 15 is 0 Å². The molecule has 0 aromatic heterocycles. The third kappa shape index (κ3) is 1.79. The van der Waals surface area contributed by atoms with Crippen molar-refractivity contribution in [1.82, 2.24) is 0 Å². The summed E-state index contributed by atoms with van der Waals surface area (Å²) in [4.78, 5) is 4.72. The van der Waals surface area contributed by atoms with Crippen LogP contribution in [0.3, 0.4) is 0 Å². The standard InChI is InChI=1S/C8H11N3O/c1-6-3-4-7(11-12-2)8(5-6)10-9/h3-5,9,11H,1-2H3. The molecule has 64 valence electrons. The van der Waals surface area contributed by atoms with Crippen LogP contribution in [0.15, 0.2) is 23.3 Å². The maximum atomic E-state index is 6.89. The zero-order chi connectivity index (χ0) is 8.97. The van der Waals surface area contributed by atoms with Crippen molar-refractivity contribution in [1.29, 1.82) is 5.53 Å². The molecule has 2 N–H and O–H groups in total. The zero-order valence-corrected chi connectivity index (χ0v) is 7.09. The minimum absolute atomic E-state index is 0.580. The van der Waals surface area contributed by atoms with Gasteiger partial charge in [0, 0.05) is 0 Å². The van der Waals surface area contributed by atoms with Gasteiger partial charge < -0.3 is 0 Å². The van der Waals surface area contributed by atoms with Crippen molar-refractivity contribution >= 4 is 11.4 Å². The smallest absolute Gasteiger partial charge is 0.111 e. The molecular formula is C8H11N3O. The molecule has 4 nitrogen and oxygen atoms in total. The van der Waals surface area contributed by atoms with Crippen LogP contribution in [0.1, 0.15) is 5.56 Å². The Morgan fingerprint density at radius 2 is 2.25 bits per heavy atom. The van der Waals surface area contributed by atoms with Crippen LogP contribution in [-0.4, -0.2) is 7.11 Å². The highest BCUT2D eigenvalue weighted by atomic mass is 16.6. The summed E-state index contributed by atoms with van der Waals surface area (Å²) in [6.07, 6.45) is 0. The van der Waals surface area contributed by atoms with E-state index in [-0.39, 0.29) is 0 Å². The molecule has 1 aromatic carbocycles. The summed E-state index contributed by atoms with van der Waals surface area (Å²) in [6.45, 7) is 1.95. The second kappa shape index (κ2) is 3.82. The molecule has 0 bridgehead atoms. The molecule has 0 atom stereocenters. The quantitative estimate of drug-likeness (QED) is 0.534. The van der Waals surface area contributed by atoms with E-state index in [9.17, 15) is 0 Å². The van der Waals surface area contributed by atoms with Gasteiger partial charge in [0.25, 0.3) is 0 Å². The van der Waals surface area contributed by atoms with Crippen LogP contribution in [-0.2, 0) is 4.84 Å². The molecule has 12 heavy (non-hydrogen) atoms.